The smallest absolute Gasteiger partial charge is 0.310 e. The highest BCUT2D eigenvalue weighted by atomic mass is 16.4. The van der Waals surface area contributed by atoms with E-state index in [4.69, 9.17) is 10.2 Å². The molecule has 18 heavy (non-hydrogen) atoms. The molecule has 1 unspecified atom stereocenters. The average molecular weight is 258 g/mol. The van der Waals surface area contributed by atoms with Gasteiger partial charge in [-0.25, -0.2) is 0 Å². The van der Waals surface area contributed by atoms with E-state index in [9.17, 15) is 9.59 Å². The molecule has 0 spiro atoms. The molecule has 0 amide bonds. The number of hydrogen-bond acceptors (Lipinski definition) is 2. The Balaban J connectivity index is 0. The second-order valence-corrected chi connectivity index (χ2v) is 4.07. The van der Waals surface area contributed by atoms with Gasteiger partial charge in [-0.2, -0.15) is 0 Å². The number of allylic oxidation sites excluding steroid dienone is 1. The number of unbranched alkanes of at least 4 members (excludes halogenated alkanes) is 1. The Morgan fingerprint density at radius 2 is 1.72 bits per heavy atom. The van der Waals surface area contributed by atoms with Crippen LogP contribution in [0.1, 0.15) is 59.3 Å². The molecule has 106 valence electrons. The summed E-state index contributed by atoms with van der Waals surface area (Å²) in [4.78, 5) is 20.3. The minimum absolute atomic E-state index is 0.278. The molecule has 0 aromatic heterocycles. The Hall–Kier alpha value is -1.32. The Morgan fingerprint density at radius 1 is 1.11 bits per heavy atom. The van der Waals surface area contributed by atoms with Gasteiger partial charge in [0.1, 0.15) is 0 Å². The lowest BCUT2D eigenvalue weighted by atomic mass is 10.0. The lowest BCUT2D eigenvalue weighted by molar-refractivity contribution is -0.140. The molecular formula is C14H26O4. The first-order chi connectivity index (χ1) is 8.49. The van der Waals surface area contributed by atoms with E-state index in [0.29, 0.717) is 6.42 Å². The molecule has 4 nitrogen and oxygen atoms in total. The van der Waals surface area contributed by atoms with Crippen molar-refractivity contribution in [2.75, 3.05) is 0 Å². The number of carboxylic acids is 2. The van der Waals surface area contributed by atoms with Crippen LogP contribution in [0.5, 0.6) is 0 Å². The summed E-state index contributed by atoms with van der Waals surface area (Å²) in [6, 6.07) is 0. The van der Waals surface area contributed by atoms with Crippen LogP contribution < -0.4 is 0 Å². The van der Waals surface area contributed by atoms with E-state index in [1.54, 1.807) is 6.08 Å². The molecule has 0 heterocycles. The molecule has 0 aliphatic carbocycles. The van der Waals surface area contributed by atoms with Crippen LogP contribution >= 0.6 is 0 Å². The van der Waals surface area contributed by atoms with Crippen molar-refractivity contribution in [2.24, 2.45) is 5.92 Å². The van der Waals surface area contributed by atoms with E-state index < -0.39 is 11.9 Å². The Kier molecular flexibility index (Phi) is 14.5. The first-order valence-corrected chi connectivity index (χ1v) is 6.60. The molecule has 0 aromatic rings. The minimum atomic E-state index is -0.712. The van der Waals surface area contributed by atoms with Gasteiger partial charge in [-0.05, 0) is 19.3 Å². The van der Waals surface area contributed by atoms with Gasteiger partial charge in [-0.15, -0.1) is 0 Å². The van der Waals surface area contributed by atoms with E-state index in [1.807, 2.05) is 26.8 Å². The van der Waals surface area contributed by atoms with Gasteiger partial charge in [-0.3, -0.25) is 9.59 Å². The highest BCUT2D eigenvalue weighted by molar-refractivity contribution is 5.72. The first-order valence-electron chi connectivity index (χ1n) is 6.60. The molecule has 0 bridgehead atoms. The minimum Gasteiger partial charge on any atom is -0.481 e. The summed E-state index contributed by atoms with van der Waals surface area (Å²) in [5, 5.41) is 16.7. The van der Waals surface area contributed by atoms with Crippen LogP contribution in [0.15, 0.2) is 12.2 Å². The van der Waals surface area contributed by atoms with Crippen molar-refractivity contribution < 1.29 is 19.8 Å². The average Bonchev–Trinajstić information content (AvgIpc) is 2.32. The van der Waals surface area contributed by atoms with Crippen molar-refractivity contribution in [3.8, 4) is 0 Å². The van der Waals surface area contributed by atoms with E-state index >= 15 is 0 Å². The Morgan fingerprint density at radius 3 is 2.00 bits per heavy atom. The number of hydrogen-bond donors (Lipinski definition) is 2. The van der Waals surface area contributed by atoms with Crippen LogP contribution in [-0.4, -0.2) is 22.2 Å². The fraction of sp³-hybridized carbons (Fsp3) is 0.714. The predicted molar refractivity (Wildman–Crippen MR) is 72.6 cm³/mol. The highest BCUT2D eigenvalue weighted by Crippen LogP contribution is 2.08. The summed E-state index contributed by atoms with van der Waals surface area (Å²) in [6.45, 7) is 5.97. The van der Waals surface area contributed by atoms with Crippen molar-refractivity contribution in [2.45, 2.75) is 59.3 Å². The van der Waals surface area contributed by atoms with Crippen LogP contribution in [0.4, 0.5) is 0 Å². The summed E-state index contributed by atoms with van der Waals surface area (Å²) in [5.41, 5.74) is 0. The van der Waals surface area contributed by atoms with Crippen molar-refractivity contribution in [1.29, 1.82) is 0 Å². The molecule has 0 saturated carbocycles. The van der Waals surface area contributed by atoms with Gasteiger partial charge in [0, 0.05) is 6.42 Å². The van der Waals surface area contributed by atoms with Crippen LogP contribution in [0.3, 0.4) is 0 Å². The number of aliphatic carboxylic acids is 2. The summed E-state index contributed by atoms with van der Waals surface area (Å²) >= 11 is 0. The maximum Gasteiger partial charge on any atom is 0.310 e. The van der Waals surface area contributed by atoms with Crippen molar-refractivity contribution >= 4 is 11.9 Å². The zero-order chi connectivity index (χ0) is 14.4. The van der Waals surface area contributed by atoms with E-state index in [2.05, 4.69) is 0 Å². The zero-order valence-corrected chi connectivity index (χ0v) is 11.7. The third-order valence-electron chi connectivity index (χ3n) is 2.27. The number of rotatable bonds is 8. The van der Waals surface area contributed by atoms with E-state index in [-0.39, 0.29) is 5.92 Å². The van der Waals surface area contributed by atoms with Gasteiger partial charge in [0.25, 0.3) is 0 Å². The summed E-state index contributed by atoms with van der Waals surface area (Å²) < 4.78 is 0. The van der Waals surface area contributed by atoms with Gasteiger partial charge in [0.15, 0.2) is 0 Å². The van der Waals surface area contributed by atoms with E-state index in [0.717, 1.165) is 32.1 Å². The predicted octanol–water partition coefficient (Wildman–Crippen LogP) is 3.71. The summed E-state index contributed by atoms with van der Waals surface area (Å²) in [7, 11) is 0. The van der Waals surface area contributed by atoms with Gasteiger partial charge in [-0.1, -0.05) is 45.8 Å². The molecular weight excluding hydrogens is 232 g/mol. The second kappa shape index (κ2) is 13.7. The van der Waals surface area contributed by atoms with Crippen molar-refractivity contribution in [1.82, 2.24) is 0 Å². The van der Waals surface area contributed by atoms with Gasteiger partial charge in [0.2, 0.25) is 0 Å². The number of carboxylic acid groups (broad SMARTS) is 2. The standard InChI is InChI=1S/C9H16O2.C5H10O2/c1-3-5-7-8(6-4-2)9(10)11;1-2-3-4-5(6)7/h5,7-8H,3-4,6H2,1-2H3,(H,10,11);2-4H2,1H3,(H,6,7). The molecule has 0 aliphatic heterocycles. The summed E-state index contributed by atoms with van der Waals surface area (Å²) in [5.74, 6) is -1.68. The van der Waals surface area contributed by atoms with Crippen molar-refractivity contribution in [3.63, 3.8) is 0 Å². The molecule has 0 rings (SSSR count). The normalized spacial score (nSPS) is 11.7. The quantitative estimate of drug-likeness (QED) is 0.651. The number of carbonyl (C=O) groups is 2. The molecule has 0 radical (unpaired) electrons. The van der Waals surface area contributed by atoms with Gasteiger partial charge >= 0.3 is 11.9 Å². The molecule has 0 aliphatic rings. The Bertz CT molecular complexity index is 246. The van der Waals surface area contributed by atoms with Gasteiger partial charge < -0.3 is 10.2 Å². The maximum atomic E-state index is 10.5. The summed E-state index contributed by atoms with van der Waals surface area (Å²) in [6.07, 6.45) is 8.35. The molecule has 1 atom stereocenters. The molecule has 0 fully saturated rings. The molecule has 0 aromatic carbocycles. The lowest BCUT2D eigenvalue weighted by Gasteiger charge is -2.03. The van der Waals surface area contributed by atoms with E-state index in [1.165, 1.54) is 0 Å². The monoisotopic (exact) mass is 258 g/mol. The molecule has 2 N–H and O–H groups in total. The van der Waals surface area contributed by atoms with Crippen molar-refractivity contribution in [3.05, 3.63) is 12.2 Å². The maximum absolute atomic E-state index is 10.5. The fourth-order valence-corrected chi connectivity index (χ4v) is 1.24. The largest absolute Gasteiger partial charge is 0.481 e. The lowest BCUT2D eigenvalue weighted by Crippen LogP contribution is -2.10. The SMILES string of the molecule is CCC=CC(CCC)C(=O)O.CCCCC(=O)O. The zero-order valence-electron chi connectivity index (χ0n) is 11.7. The second-order valence-electron chi connectivity index (χ2n) is 4.07. The third kappa shape index (κ3) is 14.7. The van der Waals surface area contributed by atoms with Crippen LogP contribution in [0.2, 0.25) is 0 Å². The van der Waals surface area contributed by atoms with Crippen LogP contribution in [0, 0.1) is 5.92 Å². The Labute approximate surface area is 110 Å². The molecule has 0 saturated heterocycles. The van der Waals surface area contributed by atoms with Crippen LogP contribution in [-0.2, 0) is 9.59 Å². The third-order valence-corrected chi connectivity index (χ3v) is 2.27. The highest BCUT2D eigenvalue weighted by Gasteiger charge is 2.10. The molecule has 4 heteroatoms. The topological polar surface area (TPSA) is 74.6 Å². The first kappa shape index (κ1) is 19.0. The van der Waals surface area contributed by atoms with Crippen LogP contribution in [0.25, 0.3) is 0 Å². The fourth-order valence-electron chi connectivity index (χ4n) is 1.24. The van der Waals surface area contributed by atoms with Gasteiger partial charge in [0.05, 0.1) is 5.92 Å².